The first-order valence-corrected chi connectivity index (χ1v) is 8.11. The number of anilines is 2. The molecule has 6 heteroatoms. The Balaban J connectivity index is 1.77. The van der Waals surface area contributed by atoms with Crippen LogP contribution in [0.5, 0.6) is 0 Å². The Hall–Kier alpha value is -1.01. The lowest BCUT2D eigenvalue weighted by Crippen LogP contribution is -2.22. The summed E-state index contributed by atoms with van der Waals surface area (Å²) in [6.07, 6.45) is 5.88. The molecule has 1 fully saturated rings. The number of hydrogen-bond donors (Lipinski definition) is 2. The van der Waals surface area contributed by atoms with Gasteiger partial charge in [-0.15, -0.1) is 0 Å². The average molecular weight is 281 g/mol. The van der Waals surface area contributed by atoms with Gasteiger partial charge in [-0.1, -0.05) is 11.8 Å². The maximum atomic E-state index is 4.46. The van der Waals surface area contributed by atoms with Crippen molar-refractivity contribution >= 4 is 23.4 Å². The fraction of sp³-hybridized carbons (Fsp3) is 0.692. The summed E-state index contributed by atoms with van der Waals surface area (Å²) in [5.41, 5.74) is 0. The minimum Gasteiger partial charge on any atom is -0.373 e. The van der Waals surface area contributed by atoms with Gasteiger partial charge in [0.25, 0.3) is 0 Å². The molecule has 1 saturated heterocycles. The van der Waals surface area contributed by atoms with Crippen molar-refractivity contribution in [2.75, 3.05) is 50.1 Å². The van der Waals surface area contributed by atoms with Crippen LogP contribution in [-0.2, 0) is 0 Å². The van der Waals surface area contributed by atoms with Gasteiger partial charge in [0.1, 0.15) is 11.6 Å². The predicted molar refractivity (Wildman–Crippen MR) is 82.1 cm³/mol. The van der Waals surface area contributed by atoms with Gasteiger partial charge >= 0.3 is 0 Å². The second kappa shape index (κ2) is 7.55. The van der Waals surface area contributed by atoms with E-state index in [1.807, 2.05) is 19.4 Å². The molecule has 0 aromatic carbocycles. The van der Waals surface area contributed by atoms with Gasteiger partial charge in [-0.2, -0.15) is 0 Å². The lowest BCUT2D eigenvalue weighted by molar-refractivity contribution is 0.337. The summed E-state index contributed by atoms with van der Waals surface area (Å²) in [6.45, 7) is 4.69. The first kappa shape index (κ1) is 14.4. The van der Waals surface area contributed by atoms with Crippen LogP contribution in [0.2, 0.25) is 0 Å². The van der Waals surface area contributed by atoms with Crippen LogP contribution in [-0.4, -0.2) is 54.4 Å². The zero-order chi connectivity index (χ0) is 13.5. The molecule has 0 radical (unpaired) electrons. The first-order chi connectivity index (χ1) is 9.31. The largest absolute Gasteiger partial charge is 0.373 e. The molecule has 0 amide bonds. The van der Waals surface area contributed by atoms with Gasteiger partial charge in [-0.25, -0.2) is 9.97 Å². The molecule has 19 heavy (non-hydrogen) atoms. The Labute approximate surface area is 119 Å². The first-order valence-electron chi connectivity index (χ1n) is 6.89. The van der Waals surface area contributed by atoms with Crippen molar-refractivity contribution in [1.29, 1.82) is 0 Å². The van der Waals surface area contributed by atoms with Crippen molar-refractivity contribution in [2.45, 2.75) is 24.4 Å². The normalized spacial score (nSPS) is 15.7. The van der Waals surface area contributed by atoms with Crippen molar-refractivity contribution in [3.8, 4) is 0 Å². The van der Waals surface area contributed by atoms with Gasteiger partial charge in [0.05, 0.1) is 0 Å². The molecule has 0 saturated carbocycles. The highest BCUT2D eigenvalue weighted by Crippen LogP contribution is 2.16. The number of rotatable bonds is 7. The quantitative estimate of drug-likeness (QED) is 0.454. The van der Waals surface area contributed by atoms with Crippen molar-refractivity contribution < 1.29 is 0 Å². The smallest absolute Gasteiger partial charge is 0.191 e. The molecule has 1 aliphatic rings. The Morgan fingerprint density at radius 3 is 2.68 bits per heavy atom. The highest BCUT2D eigenvalue weighted by molar-refractivity contribution is 7.98. The summed E-state index contributed by atoms with van der Waals surface area (Å²) in [5.74, 6) is 1.77. The highest BCUT2D eigenvalue weighted by Gasteiger charge is 2.10. The molecule has 106 valence electrons. The van der Waals surface area contributed by atoms with Crippen LogP contribution < -0.4 is 10.6 Å². The van der Waals surface area contributed by atoms with E-state index in [2.05, 4.69) is 25.5 Å². The van der Waals surface area contributed by atoms with E-state index >= 15 is 0 Å². The molecule has 1 aliphatic heterocycles. The molecule has 0 bridgehead atoms. The second-order valence-corrected chi connectivity index (χ2v) is 5.48. The van der Waals surface area contributed by atoms with Crippen molar-refractivity contribution in [1.82, 2.24) is 14.9 Å². The van der Waals surface area contributed by atoms with Gasteiger partial charge in [0.15, 0.2) is 5.16 Å². The summed E-state index contributed by atoms with van der Waals surface area (Å²) < 4.78 is 0. The van der Waals surface area contributed by atoms with Gasteiger partial charge in [-0.05, 0) is 45.2 Å². The van der Waals surface area contributed by atoms with Crippen molar-refractivity contribution in [2.24, 2.45) is 0 Å². The monoisotopic (exact) mass is 281 g/mol. The highest BCUT2D eigenvalue weighted by atomic mass is 32.2. The number of likely N-dealkylation sites (tertiary alicyclic amines) is 1. The van der Waals surface area contributed by atoms with Crippen LogP contribution in [0.4, 0.5) is 11.6 Å². The fourth-order valence-electron chi connectivity index (χ4n) is 2.26. The number of nitrogens with zero attached hydrogens (tertiary/aromatic N) is 3. The third-order valence-electron chi connectivity index (χ3n) is 3.30. The van der Waals surface area contributed by atoms with Crippen LogP contribution in [0.15, 0.2) is 11.2 Å². The molecule has 2 heterocycles. The van der Waals surface area contributed by atoms with Crippen molar-refractivity contribution in [3.63, 3.8) is 0 Å². The van der Waals surface area contributed by atoms with E-state index in [9.17, 15) is 0 Å². The van der Waals surface area contributed by atoms with Crippen LogP contribution in [0.3, 0.4) is 0 Å². The van der Waals surface area contributed by atoms with E-state index in [0.29, 0.717) is 0 Å². The SMILES string of the molecule is CNc1cc(NCCCN2CCCC2)nc(SC)n1. The molecule has 0 aliphatic carbocycles. The molecular weight excluding hydrogens is 258 g/mol. The van der Waals surface area contributed by atoms with Gasteiger partial charge < -0.3 is 15.5 Å². The molecule has 0 spiro atoms. The predicted octanol–water partition coefficient (Wildman–Crippen LogP) is 2.14. The van der Waals surface area contributed by atoms with E-state index < -0.39 is 0 Å². The molecule has 0 unspecified atom stereocenters. The molecule has 1 aromatic heterocycles. The van der Waals surface area contributed by atoms with E-state index in [1.165, 1.54) is 32.5 Å². The van der Waals surface area contributed by atoms with E-state index in [-0.39, 0.29) is 0 Å². The maximum Gasteiger partial charge on any atom is 0.191 e. The van der Waals surface area contributed by atoms with Crippen LogP contribution in [0.1, 0.15) is 19.3 Å². The zero-order valence-electron chi connectivity index (χ0n) is 11.8. The molecule has 5 nitrogen and oxygen atoms in total. The lowest BCUT2D eigenvalue weighted by Gasteiger charge is -2.14. The molecule has 0 atom stereocenters. The lowest BCUT2D eigenvalue weighted by atomic mass is 10.4. The third kappa shape index (κ3) is 4.54. The summed E-state index contributed by atoms with van der Waals surface area (Å²) in [6, 6.07) is 1.95. The van der Waals surface area contributed by atoms with Crippen LogP contribution in [0.25, 0.3) is 0 Å². The third-order valence-corrected chi connectivity index (χ3v) is 3.85. The summed E-state index contributed by atoms with van der Waals surface area (Å²) >= 11 is 1.56. The summed E-state index contributed by atoms with van der Waals surface area (Å²) in [4.78, 5) is 11.3. The van der Waals surface area contributed by atoms with Crippen LogP contribution >= 0.6 is 11.8 Å². The van der Waals surface area contributed by atoms with E-state index in [4.69, 9.17) is 0 Å². The number of aromatic nitrogens is 2. The zero-order valence-corrected chi connectivity index (χ0v) is 12.6. The van der Waals surface area contributed by atoms with Crippen molar-refractivity contribution in [3.05, 3.63) is 6.07 Å². The van der Waals surface area contributed by atoms with Gasteiger partial charge in [0, 0.05) is 19.7 Å². The minimum atomic E-state index is 0.800. The van der Waals surface area contributed by atoms with Gasteiger partial charge in [0.2, 0.25) is 0 Å². The Morgan fingerprint density at radius 1 is 1.26 bits per heavy atom. The standard InChI is InChI=1S/C13H23N5S/c1-14-11-10-12(17-13(16-11)19-2)15-6-5-9-18-7-3-4-8-18/h10H,3-9H2,1-2H3,(H2,14,15,16,17). The Morgan fingerprint density at radius 2 is 2.00 bits per heavy atom. The van der Waals surface area contributed by atoms with Gasteiger partial charge in [-0.3, -0.25) is 0 Å². The Kier molecular flexibility index (Phi) is 5.72. The molecule has 1 aromatic rings. The summed E-state index contributed by atoms with van der Waals surface area (Å²) in [7, 11) is 1.88. The fourth-order valence-corrected chi connectivity index (χ4v) is 2.64. The number of thioether (sulfide) groups is 1. The molecule has 2 rings (SSSR count). The molecular formula is C13H23N5S. The molecule has 2 N–H and O–H groups in total. The van der Waals surface area contributed by atoms with E-state index in [0.717, 1.165) is 29.8 Å². The number of nitrogens with one attached hydrogen (secondary N) is 2. The second-order valence-electron chi connectivity index (χ2n) is 4.70. The average Bonchev–Trinajstić information content (AvgIpc) is 2.96. The maximum absolute atomic E-state index is 4.46. The minimum absolute atomic E-state index is 0.800. The van der Waals surface area contributed by atoms with Crippen LogP contribution in [0, 0.1) is 0 Å². The Bertz CT molecular complexity index is 370. The number of hydrogen-bond acceptors (Lipinski definition) is 6. The van der Waals surface area contributed by atoms with E-state index in [1.54, 1.807) is 11.8 Å². The topological polar surface area (TPSA) is 53.1 Å². The summed E-state index contributed by atoms with van der Waals surface area (Å²) in [5, 5.41) is 7.25.